The molecule has 0 aromatic heterocycles. The van der Waals surface area contributed by atoms with Gasteiger partial charge in [0, 0.05) is 19.0 Å². The van der Waals surface area contributed by atoms with Crippen LogP contribution in [0.4, 0.5) is 4.39 Å². The molecule has 0 saturated heterocycles. The molecule has 4 heteroatoms. The third kappa shape index (κ3) is 6.13. The van der Waals surface area contributed by atoms with Gasteiger partial charge in [0.1, 0.15) is 5.82 Å². The van der Waals surface area contributed by atoms with E-state index in [0.29, 0.717) is 6.42 Å². The van der Waals surface area contributed by atoms with E-state index in [1.165, 1.54) is 17.7 Å². The fourth-order valence-corrected chi connectivity index (χ4v) is 2.73. The van der Waals surface area contributed by atoms with Crippen molar-refractivity contribution in [1.82, 2.24) is 5.32 Å². The Balaban J connectivity index is 1.93. The van der Waals surface area contributed by atoms with Crippen molar-refractivity contribution in [2.24, 2.45) is 0 Å². The van der Waals surface area contributed by atoms with Crippen LogP contribution in [0, 0.1) is 5.82 Å². The van der Waals surface area contributed by atoms with E-state index in [1.807, 2.05) is 18.2 Å². The van der Waals surface area contributed by atoms with Gasteiger partial charge in [-0.25, -0.2) is 4.39 Å². The highest BCUT2D eigenvalue weighted by Crippen LogP contribution is 2.16. The molecule has 2 aromatic rings. The molecule has 0 aliphatic carbocycles. The Morgan fingerprint density at radius 3 is 2.42 bits per heavy atom. The van der Waals surface area contributed by atoms with Crippen LogP contribution >= 0.6 is 0 Å². The Hall–Kier alpha value is -2.20. The lowest BCUT2D eigenvalue weighted by molar-refractivity contribution is -0.137. The maximum absolute atomic E-state index is 13.0. The quantitative estimate of drug-likeness (QED) is 0.731. The first kappa shape index (κ1) is 18.1. The van der Waals surface area contributed by atoms with Gasteiger partial charge in [-0.15, -0.1) is 0 Å². The Morgan fingerprint density at radius 2 is 1.79 bits per heavy atom. The number of halogens is 1. The van der Waals surface area contributed by atoms with Crippen LogP contribution in [0.5, 0.6) is 0 Å². The molecule has 0 aliphatic rings. The number of benzene rings is 2. The van der Waals surface area contributed by atoms with Crippen LogP contribution in [-0.4, -0.2) is 23.7 Å². The fraction of sp³-hybridized carbons (Fsp3) is 0.350. The van der Waals surface area contributed by atoms with Crippen molar-refractivity contribution >= 4 is 5.97 Å². The van der Waals surface area contributed by atoms with E-state index in [2.05, 4.69) is 24.4 Å². The number of carbonyl (C=O) groups is 1. The van der Waals surface area contributed by atoms with Gasteiger partial charge in [-0.2, -0.15) is 0 Å². The van der Waals surface area contributed by atoms with Crippen molar-refractivity contribution in [1.29, 1.82) is 0 Å². The topological polar surface area (TPSA) is 49.3 Å². The van der Waals surface area contributed by atoms with Gasteiger partial charge in [0.25, 0.3) is 0 Å². The summed E-state index contributed by atoms with van der Waals surface area (Å²) in [4.78, 5) is 10.9. The summed E-state index contributed by atoms with van der Waals surface area (Å²) in [5, 5.41) is 12.4. The highest BCUT2D eigenvalue weighted by molar-refractivity contribution is 5.66. The van der Waals surface area contributed by atoms with Crippen LogP contribution in [0.2, 0.25) is 0 Å². The summed E-state index contributed by atoms with van der Waals surface area (Å²) in [6.45, 7) is 2.81. The van der Waals surface area contributed by atoms with Crippen molar-refractivity contribution in [3.63, 3.8) is 0 Å². The maximum Gasteiger partial charge on any atom is 0.303 e. The van der Waals surface area contributed by atoms with Crippen molar-refractivity contribution in [2.45, 2.75) is 38.1 Å². The summed E-state index contributed by atoms with van der Waals surface area (Å²) in [7, 11) is 0. The molecule has 24 heavy (non-hydrogen) atoms. The number of hydrogen-bond donors (Lipinski definition) is 2. The van der Waals surface area contributed by atoms with Crippen LogP contribution < -0.4 is 5.32 Å². The zero-order valence-electron chi connectivity index (χ0n) is 13.9. The number of aliphatic carboxylic acids is 1. The van der Waals surface area contributed by atoms with E-state index >= 15 is 0 Å². The van der Waals surface area contributed by atoms with Gasteiger partial charge in [-0.3, -0.25) is 4.79 Å². The Labute approximate surface area is 142 Å². The number of rotatable bonds is 9. The zero-order valence-corrected chi connectivity index (χ0v) is 13.9. The molecular weight excluding hydrogens is 305 g/mol. The van der Waals surface area contributed by atoms with E-state index in [9.17, 15) is 9.18 Å². The monoisotopic (exact) mass is 329 g/mol. The molecule has 2 N–H and O–H groups in total. The first-order chi connectivity index (χ1) is 11.5. The second-order valence-corrected chi connectivity index (χ2v) is 6.18. The highest BCUT2D eigenvalue weighted by Gasteiger charge is 2.14. The first-order valence-electron chi connectivity index (χ1n) is 8.29. The average molecular weight is 329 g/mol. The second kappa shape index (κ2) is 9.18. The van der Waals surface area contributed by atoms with E-state index in [4.69, 9.17) is 5.11 Å². The lowest BCUT2D eigenvalue weighted by atomic mass is 9.98. The number of carboxylic acids is 1. The first-order valence-corrected chi connectivity index (χ1v) is 8.29. The van der Waals surface area contributed by atoms with Gasteiger partial charge >= 0.3 is 5.97 Å². The molecule has 2 unspecified atom stereocenters. The van der Waals surface area contributed by atoms with Crippen LogP contribution in [0.3, 0.4) is 0 Å². The SMILES string of the molecule is CC(CNC(CCC(=O)O)Cc1ccccc1)c1ccc(F)cc1. The number of nitrogens with one attached hydrogen (secondary N) is 1. The minimum Gasteiger partial charge on any atom is -0.481 e. The van der Waals surface area contributed by atoms with E-state index < -0.39 is 5.97 Å². The molecule has 0 radical (unpaired) electrons. The summed E-state index contributed by atoms with van der Waals surface area (Å²) in [6.07, 6.45) is 1.53. The minimum absolute atomic E-state index is 0.103. The largest absolute Gasteiger partial charge is 0.481 e. The summed E-state index contributed by atoms with van der Waals surface area (Å²) in [5.74, 6) is -0.780. The van der Waals surface area contributed by atoms with Gasteiger partial charge in [-0.1, -0.05) is 49.4 Å². The molecule has 0 spiro atoms. The van der Waals surface area contributed by atoms with Crippen LogP contribution in [0.1, 0.15) is 36.8 Å². The van der Waals surface area contributed by atoms with E-state index in [-0.39, 0.29) is 24.2 Å². The Bertz CT molecular complexity index is 628. The lowest BCUT2D eigenvalue weighted by Gasteiger charge is -2.21. The zero-order chi connectivity index (χ0) is 17.4. The summed E-state index contributed by atoms with van der Waals surface area (Å²) < 4.78 is 13.0. The molecule has 3 nitrogen and oxygen atoms in total. The molecule has 2 rings (SSSR count). The normalized spacial score (nSPS) is 13.4. The molecule has 0 aliphatic heterocycles. The fourth-order valence-electron chi connectivity index (χ4n) is 2.73. The van der Waals surface area contributed by atoms with E-state index in [0.717, 1.165) is 18.5 Å². The molecule has 0 bridgehead atoms. The van der Waals surface area contributed by atoms with Gasteiger partial charge in [0.15, 0.2) is 0 Å². The van der Waals surface area contributed by atoms with Gasteiger partial charge in [0.2, 0.25) is 0 Å². The summed E-state index contributed by atoms with van der Waals surface area (Å²) in [5.41, 5.74) is 2.26. The average Bonchev–Trinajstić information content (AvgIpc) is 2.58. The molecule has 0 saturated carbocycles. The Morgan fingerprint density at radius 1 is 1.12 bits per heavy atom. The number of carboxylic acid groups (broad SMARTS) is 1. The predicted octanol–water partition coefficient (Wildman–Crippen LogP) is 3.99. The third-order valence-corrected chi connectivity index (χ3v) is 4.18. The molecule has 0 fully saturated rings. The number of hydrogen-bond acceptors (Lipinski definition) is 2. The van der Waals surface area contributed by atoms with Crippen molar-refractivity contribution in [3.05, 3.63) is 71.5 Å². The lowest BCUT2D eigenvalue weighted by Crippen LogP contribution is -2.34. The standard InChI is InChI=1S/C20H24FNO2/c1-15(17-7-9-18(21)10-8-17)14-22-19(11-12-20(23)24)13-16-5-3-2-4-6-16/h2-10,15,19,22H,11-14H2,1H3,(H,23,24). The molecular formula is C20H24FNO2. The predicted molar refractivity (Wildman–Crippen MR) is 93.6 cm³/mol. The molecule has 128 valence electrons. The van der Waals surface area contributed by atoms with E-state index in [1.54, 1.807) is 12.1 Å². The van der Waals surface area contributed by atoms with Crippen LogP contribution in [-0.2, 0) is 11.2 Å². The molecule has 0 amide bonds. The van der Waals surface area contributed by atoms with Gasteiger partial charge in [0.05, 0.1) is 0 Å². The van der Waals surface area contributed by atoms with Crippen LogP contribution in [0.15, 0.2) is 54.6 Å². The highest BCUT2D eigenvalue weighted by atomic mass is 19.1. The van der Waals surface area contributed by atoms with Gasteiger partial charge < -0.3 is 10.4 Å². The Kier molecular flexibility index (Phi) is 6.94. The smallest absolute Gasteiger partial charge is 0.303 e. The summed E-state index contributed by atoms with van der Waals surface area (Å²) >= 11 is 0. The second-order valence-electron chi connectivity index (χ2n) is 6.18. The molecule has 2 aromatic carbocycles. The van der Waals surface area contributed by atoms with Crippen LogP contribution in [0.25, 0.3) is 0 Å². The summed E-state index contributed by atoms with van der Waals surface area (Å²) in [6, 6.07) is 16.7. The van der Waals surface area contributed by atoms with Crippen molar-refractivity contribution < 1.29 is 14.3 Å². The van der Waals surface area contributed by atoms with Crippen molar-refractivity contribution in [2.75, 3.05) is 6.54 Å². The molecule has 0 heterocycles. The van der Waals surface area contributed by atoms with Gasteiger partial charge in [-0.05, 0) is 42.0 Å². The minimum atomic E-state index is -0.776. The molecule has 2 atom stereocenters. The van der Waals surface area contributed by atoms with Crippen molar-refractivity contribution in [3.8, 4) is 0 Å². The maximum atomic E-state index is 13.0. The third-order valence-electron chi connectivity index (χ3n) is 4.18.